The maximum Gasteiger partial charge on any atom is 0.197 e. The van der Waals surface area contributed by atoms with Crippen molar-refractivity contribution in [1.29, 1.82) is 0 Å². The minimum Gasteiger partial charge on any atom is -0.229 e. The highest BCUT2D eigenvalue weighted by molar-refractivity contribution is 9.10. The van der Waals surface area contributed by atoms with Gasteiger partial charge >= 0.3 is 0 Å². The molecular formula is C6H2BrClN2S. The van der Waals surface area contributed by atoms with Crippen molar-refractivity contribution in [3.8, 4) is 0 Å². The first-order valence-corrected chi connectivity index (χ1v) is 4.87. The smallest absolute Gasteiger partial charge is 0.197 e. The fourth-order valence-corrected chi connectivity index (χ4v) is 2.11. The number of thiophene rings is 1. The molecule has 0 unspecified atom stereocenters. The average molecular weight is 250 g/mol. The number of nitrogens with zero attached hydrogens (tertiary/aromatic N) is 2. The van der Waals surface area contributed by atoms with Crippen LogP contribution >= 0.6 is 38.9 Å². The van der Waals surface area contributed by atoms with Gasteiger partial charge in [0, 0.05) is 11.6 Å². The molecule has 0 spiro atoms. The summed E-state index contributed by atoms with van der Waals surface area (Å²) >= 11 is 10.6. The maximum absolute atomic E-state index is 5.84. The second-order valence-electron chi connectivity index (χ2n) is 1.94. The maximum atomic E-state index is 5.84. The standard InChI is InChI=1S/C6H2BrClN2S/c7-6-9-1-4-5(10-6)3(8)2-11-4/h1-2H. The van der Waals surface area contributed by atoms with Gasteiger partial charge in [-0.2, -0.15) is 0 Å². The topological polar surface area (TPSA) is 25.8 Å². The Kier molecular flexibility index (Phi) is 1.83. The van der Waals surface area contributed by atoms with Gasteiger partial charge in [-0.15, -0.1) is 11.3 Å². The molecule has 2 heterocycles. The molecule has 2 nitrogen and oxygen atoms in total. The number of hydrogen-bond acceptors (Lipinski definition) is 3. The highest BCUT2D eigenvalue weighted by atomic mass is 79.9. The molecule has 2 aromatic heterocycles. The van der Waals surface area contributed by atoms with Gasteiger partial charge in [-0.05, 0) is 15.9 Å². The van der Waals surface area contributed by atoms with E-state index in [-0.39, 0.29) is 0 Å². The van der Waals surface area contributed by atoms with Crippen molar-refractivity contribution in [3.05, 3.63) is 21.3 Å². The number of rotatable bonds is 0. The molecule has 0 N–H and O–H groups in total. The van der Waals surface area contributed by atoms with Gasteiger partial charge in [-0.25, -0.2) is 9.97 Å². The quantitative estimate of drug-likeness (QED) is 0.671. The highest BCUT2D eigenvalue weighted by Gasteiger charge is 2.03. The van der Waals surface area contributed by atoms with Crippen LogP contribution in [0.5, 0.6) is 0 Å². The summed E-state index contributed by atoms with van der Waals surface area (Å²) < 4.78 is 1.59. The van der Waals surface area contributed by atoms with Crippen LogP contribution in [-0.2, 0) is 0 Å². The average Bonchev–Trinajstić information content (AvgIpc) is 2.33. The molecule has 0 radical (unpaired) electrons. The van der Waals surface area contributed by atoms with Crippen LogP contribution in [0.15, 0.2) is 16.3 Å². The normalized spacial score (nSPS) is 10.7. The molecule has 0 saturated carbocycles. The van der Waals surface area contributed by atoms with Crippen LogP contribution in [0, 0.1) is 0 Å². The zero-order chi connectivity index (χ0) is 7.84. The number of fused-ring (bicyclic) bond motifs is 1. The summed E-state index contributed by atoms with van der Waals surface area (Å²) in [6.07, 6.45) is 1.75. The number of aromatic nitrogens is 2. The summed E-state index contributed by atoms with van der Waals surface area (Å²) in [5, 5.41) is 2.54. The van der Waals surface area contributed by atoms with E-state index in [1.54, 1.807) is 17.5 Å². The van der Waals surface area contributed by atoms with Crippen molar-refractivity contribution in [3.63, 3.8) is 0 Å². The number of halogens is 2. The van der Waals surface area contributed by atoms with Crippen molar-refractivity contribution >= 4 is 49.1 Å². The van der Waals surface area contributed by atoms with E-state index in [9.17, 15) is 0 Å². The summed E-state index contributed by atoms with van der Waals surface area (Å²) in [4.78, 5) is 8.10. The van der Waals surface area contributed by atoms with Crippen LogP contribution in [0.1, 0.15) is 0 Å². The van der Waals surface area contributed by atoms with Gasteiger partial charge in [0.25, 0.3) is 0 Å². The van der Waals surface area contributed by atoms with E-state index in [0.29, 0.717) is 9.76 Å². The monoisotopic (exact) mass is 248 g/mol. The lowest BCUT2D eigenvalue weighted by Crippen LogP contribution is -1.79. The van der Waals surface area contributed by atoms with Gasteiger partial charge in [0.05, 0.1) is 9.72 Å². The molecule has 0 saturated heterocycles. The largest absolute Gasteiger partial charge is 0.229 e. The molecule has 11 heavy (non-hydrogen) atoms. The van der Waals surface area contributed by atoms with E-state index in [1.807, 2.05) is 5.38 Å². The third-order valence-electron chi connectivity index (χ3n) is 1.24. The van der Waals surface area contributed by atoms with E-state index < -0.39 is 0 Å². The first-order chi connectivity index (χ1) is 5.27. The van der Waals surface area contributed by atoms with Gasteiger partial charge in [-0.1, -0.05) is 11.6 Å². The fraction of sp³-hybridized carbons (Fsp3) is 0. The third kappa shape index (κ3) is 1.26. The lowest BCUT2D eigenvalue weighted by molar-refractivity contribution is 1.17. The van der Waals surface area contributed by atoms with Gasteiger partial charge in [0.2, 0.25) is 0 Å². The molecule has 0 aromatic carbocycles. The number of hydrogen-bond donors (Lipinski definition) is 0. The minimum atomic E-state index is 0.574. The van der Waals surface area contributed by atoms with E-state index >= 15 is 0 Å². The molecule has 0 aliphatic heterocycles. The first kappa shape index (κ1) is 7.46. The lowest BCUT2D eigenvalue weighted by atomic mass is 10.5. The zero-order valence-electron chi connectivity index (χ0n) is 5.21. The summed E-state index contributed by atoms with van der Waals surface area (Å²) in [6.45, 7) is 0. The van der Waals surface area contributed by atoms with Crippen molar-refractivity contribution in [2.45, 2.75) is 0 Å². The predicted octanol–water partition coefficient (Wildman–Crippen LogP) is 3.11. The summed E-state index contributed by atoms with van der Waals surface area (Å²) in [6, 6.07) is 0. The Labute approximate surface area is 80.4 Å². The summed E-state index contributed by atoms with van der Waals surface area (Å²) in [5.74, 6) is 0. The molecule has 0 aliphatic carbocycles. The van der Waals surface area contributed by atoms with Gasteiger partial charge in [0.1, 0.15) is 5.52 Å². The molecule has 5 heteroatoms. The van der Waals surface area contributed by atoms with Crippen molar-refractivity contribution in [1.82, 2.24) is 9.97 Å². The summed E-state index contributed by atoms with van der Waals surface area (Å²) in [5.41, 5.74) is 0.818. The van der Waals surface area contributed by atoms with Crippen molar-refractivity contribution in [2.24, 2.45) is 0 Å². The van der Waals surface area contributed by atoms with Gasteiger partial charge in [-0.3, -0.25) is 0 Å². The Bertz CT molecular complexity index is 400. The van der Waals surface area contributed by atoms with Crippen LogP contribution < -0.4 is 0 Å². The Morgan fingerprint density at radius 1 is 1.55 bits per heavy atom. The second-order valence-corrected chi connectivity index (χ2v) is 3.96. The van der Waals surface area contributed by atoms with Crippen LogP contribution in [0.4, 0.5) is 0 Å². The van der Waals surface area contributed by atoms with Crippen LogP contribution in [0.2, 0.25) is 5.02 Å². The molecule has 56 valence electrons. The lowest BCUT2D eigenvalue weighted by Gasteiger charge is -1.88. The SMILES string of the molecule is Clc1csc2cnc(Br)nc12. The molecule has 2 aromatic rings. The molecule has 0 amide bonds. The van der Waals surface area contributed by atoms with Crippen LogP contribution in [0.25, 0.3) is 10.2 Å². The predicted molar refractivity (Wildman–Crippen MR) is 50.1 cm³/mol. The van der Waals surface area contributed by atoms with E-state index in [1.165, 1.54) is 0 Å². The Hall–Kier alpha value is -0.190. The molecule has 0 bridgehead atoms. The molecular weight excluding hydrogens is 248 g/mol. The zero-order valence-corrected chi connectivity index (χ0v) is 8.37. The molecule has 0 aliphatic rings. The van der Waals surface area contributed by atoms with Crippen molar-refractivity contribution < 1.29 is 0 Å². The van der Waals surface area contributed by atoms with E-state index in [4.69, 9.17) is 11.6 Å². The molecule has 0 fully saturated rings. The van der Waals surface area contributed by atoms with Crippen LogP contribution in [-0.4, -0.2) is 9.97 Å². The fourth-order valence-electron chi connectivity index (χ4n) is 0.778. The second kappa shape index (κ2) is 2.69. The summed E-state index contributed by atoms with van der Waals surface area (Å²) in [7, 11) is 0. The highest BCUT2D eigenvalue weighted by Crippen LogP contribution is 2.27. The van der Waals surface area contributed by atoms with Gasteiger partial charge < -0.3 is 0 Å². The van der Waals surface area contributed by atoms with Crippen LogP contribution in [0.3, 0.4) is 0 Å². The molecule has 2 rings (SSSR count). The van der Waals surface area contributed by atoms with Gasteiger partial charge in [0.15, 0.2) is 4.73 Å². The van der Waals surface area contributed by atoms with Crippen molar-refractivity contribution in [2.75, 3.05) is 0 Å². The van der Waals surface area contributed by atoms with E-state index in [2.05, 4.69) is 25.9 Å². The molecule has 0 atom stereocenters. The Balaban J connectivity index is 2.87. The first-order valence-electron chi connectivity index (χ1n) is 2.82. The van der Waals surface area contributed by atoms with E-state index in [0.717, 1.165) is 10.2 Å². The Morgan fingerprint density at radius 3 is 3.18 bits per heavy atom. The Morgan fingerprint density at radius 2 is 2.36 bits per heavy atom. The third-order valence-corrected chi connectivity index (χ3v) is 2.95. The minimum absolute atomic E-state index is 0.574.